The van der Waals surface area contributed by atoms with Crippen LogP contribution in [-0.2, 0) is 19.1 Å². The van der Waals surface area contributed by atoms with Crippen LogP contribution in [0, 0.1) is 5.92 Å². The molecule has 1 heterocycles. The van der Waals surface area contributed by atoms with E-state index in [1.807, 2.05) is 0 Å². The number of anilines is 1. The molecule has 0 saturated carbocycles. The van der Waals surface area contributed by atoms with Crippen molar-refractivity contribution in [3.63, 3.8) is 0 Å². The zero-order valence-electron chi connectivity index (χ0n) is 12.6. The summed E-state index contributed by atoms with van der Waals surface area (Å²) in [6.07, 6.45) is 0.0677. The molecule has 0 aliphatic carbocycles. The van der Waals surface area contributed by atoms with Crippen molar-refractivity contribution >= 4 is 23.5 Å². The standard InChI is InChI=1S/C15H17NO6/c1-20-12-5-4-9(14(18)21-2)6-11(12)16-8-10(7-13(16)17)15(19)22-3/h4-6,10H,7-8H2,1-3H3/t10-/m1/s1. The molecule has 0 N–H and O–H groups in total. The average molecular weight is 307 g/mol. The van der Waals surface area contributed by atoms with Crippen molar-refractivity contribution in [3.8, 4) is 5.75 Å². The number of hydrogen-bond donors (Lipinski definition) is 0. The van der Waals surface area contributed by atoms with Crippen LogP contribution in [0.2, 0.25) is 0 Å². The molecule has 1 aliphatic rings. The molecule has 22 heavy (non-hydrogen) atoms. The van der Waals surface area contributed by atoms with Gasteiger partial charge in [0.2, 0.25) is 5.91 Å². The lowest BCUT2D eigenvalue weighted by Gasteiger charge is -2.20. The highest BCUT2D eigenvalue weighted by Crippen LogP contribution is 2.34. The van der Waals surface area contributed by atoms with Crippen molar-refractivity contribution in [1.29, 1.82) is 0 Å². The Hall–Kier alpha value is -2.57. The molecular formula is C15H17NO6. The predicted molar refractivity (Wildman–Crippen MR) is 76.8 cm³/mol. The summed E-state index contributed by atoms with van der Waals surface area (Å²) in [7, 11) is 4.03. The number of hydrogen-bond acceptors (Lipinski definition) is 6. The van der Waals surface area contributed by atoms with Gasteiger partial charge >= 0.3 is 11.9 Å². The molecule has 7 nitrogen and oxygen atoms in total. The monoisotopic (exact) mass is 307 g/mol. The quantitative estimate of drug-likeness (QED) is 0.772. The Bertz CT molecular complexity index is 612. The molecule has 1 aromatic carbocycles. The zero-order valence-corrected chi connectivity index (χ0v) is 12.6. The second kappa shape index (κ2) is 6.46. The van der Waals surface area contributed by atoms with E-state index in [-0.39, 0.29) is 18.9 Å². The SMILES string of the molecule is COC(=O)c1ccc(OC)c(N2C[C@H](C(=O)OC)CC2=O)c1. The molecule has 0 bridgehead atoms. The Labute approximate surface area is 127 Å². The van der Waals surface area contributed by atoms with Crippen LogP contribution in [0.1, 0.15) is 16.8 Å². The number of benzene rings is 1. The molecule has 2 rings (SSSR count). The van der Waals surface area contributed by atoms with E-state index in [1.54, 1.807) is 12.1 Å². The number of carbonyl (C=O) groups excluding carboxylic acids is 3. The van der Waals surface area contributed by atoms with E-state index in [2.05, 4.69) is 9.47 Å². The zero-order chi connectivity index (χ0) is 16.3. The molecule has 1 fully saturated rings. The van der Waals surface area contributed by atoms with E-state index in [4.69, 9.17) is 4.74 Å². The summed E-state index contributed by atoms with van der Waals surface area (Å²) in [5.74, 6) is -1.26. The molecule has 118 valence electrons. The highest BCUT2D eigenvalue weighted by Gasteiger charge is 2.37. The first kappa shape index (κ1) is 15.8. The third kappa shape index (κ3) is 2.88. The number of rotatable bonds is 4. The molecule has 7 heteroatoms. The smallest absolute Gasteiger partial charge is 0.337 e. The van der Waals surface area contributed by atoms with E-state index in [0.717, 1.165) is 0 Å². The third-order valence-electron chi connectivity index (χ3n) is 3.55. The van der Waals surface area contributed by atoms with Gasteiger partial charge in [0.1, 0.15) is 5.75 Å². The van der Waals surface area contributed by atoms with E-state index in [0.29, 0.717) is 17.0 Å². The minimum absolute atomic E-state index is 0.0677. The van der Waals surface area contributed by atoms with E-state index in [1.165, 1.54) is 32.3 Å². The summed E-state index contributed by atoms with van der Waals surface area (Å²) in [5.41, 5.74) is 0.731. The van der Waals surface area contributed by atoms with Crippen LogP contribution in [0.15, 0.2) is 18.2 Å². The van der Waals surface area contributed by atoms with Crippen LogP contribution in [0.4, 0.5) is 5.69 Å². The maximum Gasteiger partial charge on any atom is 0.337 e. The van der Waals surface area contributed by atoms with Crippen LogP contribution in [0.5, 0.6) is 5.75 Å². The highest BCUT2D eigenvalue weighted by atomic mass is 16.5. The number of ether oxygens (including phenoxy) is 3. The number of carbonyl (C=O) groups is 3. The number of nitrogens with zero attached hydrogens (tertiary/aromatic N) is 1. The number of esters is 2. The summed E-state index contributed by atoms with van der Waals surface area (Å²) in [6.45, 7) is 0.187. The van der Waals surface area contributed by atoms with Crippen molar-refractivity contribution in [2.75, 3.05) is 32.8 Å². The molecule has 1 saturated heterocycles. The molecule has 0 aromatic heterocycles. The Balaban J connectivity index is 2.36. The van der Waals surface area contributed by atoms with Crippen LogP contribution in [0.3, 0.4) is 0 Å². The average Bonchev–Trinajstić information content (AvgIpc) is 2.94. The fourth-order valence-corrected chi connectivity index (χ4v) is 2.41. The Morgan fingerprint density at radius 3 is 2.50 bits per heavy atom. The molecule has 0 spiro atoms. The first-order valence-corrected chi connectivity index (χ1v) is 6.66. The molecule has 1 amide bonds. The Morgan fingerprint density at radius 1 is 1.18 bits per heavy atom. The van der Waals surface area contributed by atoms with Gasteiger partial charge in [0.05, 0.1) is 38.5 Å². The topological polar surface area (TPSA) is 82.1 Å². The molecule has 1 aromatic rings. The van der Waals surface area contributed by atoms with Gasteiger partial charge in [0, 0.05) is 13.0 Å². The molecular weight excluding hydrogens is 290 g/mol. The van der Waals surface area contributed by atoms with Crippen molar-refractivity contribution in [2.24, 2.45) is 5.92 Å². The van der Waals surface area contributed by atoms with Gasteiger partial charge in [-0.15, -0.1) is 0 Å². The van der Waals surface area contributed by atoms with E-state index in [9.17, 15) is 14.4 Å². The molecule has 0 unspecified atom stereocenters. The second-order valence-electron chi connectivity index (χ2n) is 4.81. The van der Waals surface area contributed by atoms with Gasteiger partial charge in [-0.3, -0.25) is 9.59 Å². The maximum absolute atomic E-state index is 12.2. The molecule has 1 atom stereocenters. The summed E-state index contributed by atoms with van der Waals surface area (Å²) >= 11 is 0. The summed E-state index contributed by atoms with van der Waals surface area (Å²) in [6, 6.07) is 4.65. The third-order valence-corrected chi connectivity index (χ3v) is 3.55. The van der Waals surface area contributed by atoms with Gasteiger partial charge in [-0.05, 0) is 18.2 Å². The van der Waals surface area contributed by atoms with Crippen LogP contribution >= 0.6 is 0 Å². The summed E-state index contributed by atoms with van der Waals surface area (Å²) in [5, 5.41) is 0. The van der Waals surface area contributed by atoms with E-state index >= 15 is 0 Å². The fourth-order valence-electron chi connectivity index (χ4n) is 2.41. The summed E-state index contributed by atoms with van der Waals surface area (Å²) in [4.78, 5) is 36.8. The highest BCUT2D eigenvalue weighted by molar-refractivity contribution is 6.02. The predicted octanol–water partition coefficient (Wildman–Crippen LogP) is 1.01. The number of methoxy groups -OCH3 is 3. The van der Waals surface area contributed by atoms with Crippen molar-refractivity contribution in [2.45, 2.75) is 6.42 Å². The van der Waals surface area contributed by atoms with Crippen molar-refractivity contribution in [1.82, 2.24) is 0 Å². The second-order valence-corrected chi connectivity index (χ2v) is 4.81. The van der Waals surface area contributed by atoms with Gasteiger partial charge in [-0.1, -0.05) is 0 Å². The fraction of sp³-hybridized carbons (Fsp3) is 0.400. The van der Waals surface area contributed by atoms with Crippen LogP contribution in [-0.4, -0.2) is 45.7 Å². The van der Waals surface area contributed by atoms with Gasteiger partial charge in [-0.25, -0.2) is 4.79 Å². The van der Waals surface area contributed by atoms with Gasteiger partial charge in [0.15, 0.2) is 0 Å². The number of amides is 1. The lowest BCUT2D eigenvalue weighted by molar-refractivity contribution is -0.145. The Morgan fingerprint density at radius 2 is 1.91 bits per heavy atom. The van der Waals surface area contributed by atoms with Crippen LogP contribution < -0.4 is 9.64 Å². The van der Waals surface area contributed by atoms with Crippen molar-refractivity contribution < 1.29 is 28.6 Å². The molecule has 0 radical (unpaired) electrons. The lowest BCUT2D eigenvalue weighted by Crippen LogP contribution is -2.27. The lowest BCUT2D eigenvalue weighted by atomic mass is 10.1. The van der Waals surface area contributed by atoms with Gasteiger partial charge < -0.3 is 19.1 Å². The van der Waals surface area contributed by atoms with E-state index < -0.39 is 17.9 Å². The van der Waals surface area contributed by atoms with Crippen molar-refractivity contribution in [3.05, 3.63) is 23.8 Å². The normalized spacial score (nSPS) is 17.3. The Kier molecular flexibility index (Phi) is 4.65. The minimum atomic E-state index is -0.524. The van der Waals surface area contributed by atoms with Gasteiger partial charge in [0.25, 0.3) is 0 Å². The summed E-state index contributed by atoms with van der Waals surface area (Å²) < 4.78 is 14.6. The minimum Gasteiger partial charge on any atom is -0.495 e. The first-order valence-electron chi connectivity index (χ1n) is 6.66. The van der Waals surface area contributed by atoms with Gasteiger partial charge in [-0.2, -0.15) is 0 Å². The first-order chi connectivity index (χ1) is 10.5. The molecule has 1 aliphatic heterocycles. The largest absolute Gasteiger partial charge is 0.495 e. The van der Waals surface area contributed by atoms with Crippen LogP contribution in [0.25, 0.3) is 0 Å². The maximum atomic E-state index is 12.2.